The molecule has 0 bridgehead atoms. The van der Waals surface area contributed by atoms with E-state index in [1.807, 2.05) is 0 Å². The molecular formula is C11H13N3O5S. The highest BCUT2D eigenvalue weighted by atomic mass is 32.2. The van der Waals surface area contributed by atoms with E-state index in [9.17, 15) is 24.8 Å². The minimum Gasteiger partial charge on any atom is -0.479 e. The topological polar surface area (TPSA) is 114 Å². The van der Waals surface area contributed by atoms with Crippen LogP contribution in [0, 0.1) is 10.1 Å². The number of aliphatic carboxylic acids is 1. The smallest absolute Gasteiger partial charge is 0.330 e. The lowest BCUT2D eigenvalue weighted by Gasteiger charge is -2.24. The molecule has 1 saturated heterocycles. The van der Waals surface area contributed by atoms with E-state index in [-0.39, 0.29) is 11.4 Å². The van der Waals surface area contributed by atoms with Gasteiger partial charge >= 0.3 is 5.97 Å². The predicted molar refractivity (Wildman–Crippen MR) is 71.8 cm³/mol. The van der Waals surface area contributed by atoms with Crippen LogP contribution in [0.5, 0.6) is 0 Å². The molecule has 1 atom stereocenters. The Morgan fingerprint density at radius 3 is 2.75 bits per heavy atom. The lowest BCUT2D eigenvalue weighted by Crippen LogP contribution is -2.55. The average Bonchev–Trinajstić information content (AvgIpc) is 2.96. The SMILES string of the molecule is Cn1cc([N+](=O)[O-])cc1C(=O)NC1(C(=O)O)CCSC1. The molecule has 8 nitrogen and oxygen atoms in total. The number of hydrogen-bond acceptors (Lipinski definition) is 5. The van der Waals surface area contributed by atoms with Crippen LogP contribution >= 0.6 is 11.8 Å². The first-order valence-corrected chi connectivity index (χ1v) is 6.95. The van der Waals surface area contributed by atoms with Crippen LogP contribution in [0.2, 0.25) is 0 Å². The number of aryl methyl sites for hydroxylation is 1. The van der Waals surface area contributed by atoms with E-state index in [2.05, 4.69) is 5.32 Å². The Kier molecular flexibility index (Phi) is 3.71. The van der Waals surface area contributed by atoms with Gasteiger partial charge in [0, 0.05) is 18.9 Å². The average molecular weight is 299 g/mol. The van der Waals surface area contributed by atoms with Gasteiger partial charge in [-0.3, -0.25) is 14.9 Å². The first kappa shape index (κ1) is 14.4. The van der Waals surface area contributed by atoms with Crippen LogP contribution in [-0.4, -0.2) is 43.5 Å². The highest BCUT2D eigenvalue weighted by Crippen LogP contribution is 2.29. The molecule has 0 radical (unpaired) electrons. The summed E-state index contributed by atoms with van der Waals surface area (Å²) < 4.78 is 1.31. The summed E-state index contributed by atoms with van der Waals surface area (Å²) in [4.78, 5) is 33.6. The molecule has 20 heavy (non-hydrogen) atoms. The van der Waals surface area contributed by atoms with E-state index in [4.69, 9.17) is 0 Å². The molecule has 2 rings (SSSR count). The maximum Gasteiger partial charge on any atom is 0.330 e. The Morgan fingerprint density at radius 2 is 2.30 bits per heavy atom. The number of hydrogen-bond donors (Lipinski definition) is 2. The number of nitro groups is 1. The van der Waals surface area contributed by atoms with Crippen LogP contribution in [-0.2, 0) is 11.8 Å². The molecule has 2 N–H and O–H groups in total. The van der Waals surface area contributed by atoms with Crippen LogP contribution in [0.4, 0.5) is 5.69 Å². The Balaban J connectivity index is 2.23. The summed E-state index contributed by atoms with van der Waals surface area (Å²) in [5.41, 5.74) is -1.43. The van der Waals surface area contributed by atoms with Gasteiger partial charge in [-0.2, -0.15) is 11.8 Å². The summed E-state index contributed by atoms with van der Waals surface area (Å²) in [5.74, 6) is -0.759. The molecule has 1 aliphatic heterocycles. The van der Waals surface area contributed by atoms with Gasteiger partial charge in [0.1, 0.15) is 11.2 Å². The molecule has 1 unspecified atom stereocenters. The first-order valence-electron chi connectivity index (χ1n) is 5.80. The molecular weight excluding hydrogens is 286 g/mol. The number of aromatic nitrogens is 1. The van der Waals surface area contributed by atoms with Crippen molar-refractivity contribution in [3.05, 3.63) is 28.1 Å². The molecule has 1 amide bonds. The summed E-state index contributed by atoms with van der Waals surface area (Å²) >= 11 is 1.45. The second-order valence-electron chi connectivity index (χ2n) is 4.60. The molecule has 0 aliphatic carbocycles. The predicted octanol–water partition coefficient (Wildman–Crippen LogP) is 0.623. The third kappa shape index (κ3) is 2.48. The molecule has 0 spiro atoms. The van der Waals surface area contributed by atoms with Gasteiger partial charge in [0.2, 0.25) is 0 Å². The number of nitrogens with one attached hydrogen (secondary N) is 1. The number of thioether (sulfide) groups is 1. The van der Waals surface area contributed by atoms with Crippen molar-refractivity contribution >= 4 is 29.3 Å². The van der Waals surface area contributed by atoms with Crippen molar-refractivity contribution in [3.63, 3.8) is 0 Å². The van der Waals surface area contributed by atoms with Crippen molar-refractivity contribution in [1.82, 2.24) is 9.88 Å². The molecule has 1 aliphatic rings. The third-order valence-corrected chi connectivity index (χ3v) is 4.41. The van der Waals surface area contributed by atoms with Gasteiger partial charge in [-0.25, -0.2) is 4.79 Å². The number of carbonyl (C=O) groups excluding carboxylic acids is 1. The quantitative estimate of drug-likeness (QED) is 0.622. The summed E-state index contributed by atoms with van der Waals surface area (Å²) in [6.07, 6.45) is 1.55. The van der Waals surface area contributed by atoms with Crippen molar-refractivity contribution in [2.24, 2.45) is 7.05 Å². The molecule has 9 heteroatoms. The largest absolute Gasteiger partial charge is 0.479 e. The first-order chi connectivity index (χ1) is 9.35. The summed E-state index contributed by atoms with van der Waals surface area (Å²) in [5, 5.41) is 22.4. The van der Waals surface area contributed by atoms with Crippen molar-refractivity contribution in [3.8, 4) is 0 Å². The normalized spacial score (nSPS) is 21.6. The van der Waals surface area contributed by atoms with Crippen LogP contribution < -0.4 is 5.32 Å². The minimum absolute atomic E-state index is 0.0641. The van der Waals surface area contributed by atoms with Gasteiger partial charge in [0.05, 0.1) is 11.1 Å². The van der Waals surface area contributed by atoms with Gasteiger partial charge < -0.3 is 15.0 Å². The molecule has 1 fully saturated rings. The number of rotatable bonds is 4. The van der Waals surface area contributed by atoms with E-state index in [0.717, 1.165) is 6.07 Å². The van der Waals surface area contributed by atoms with E-state index in [0.29, 0.717) is 17.9 Å². The van der Waals surface area contributed by atoms with Crippen molar-refractivity contribution in [1.29, 1.82) is 0 Å². The van der Waals surface area contributed by atoms with Gasteiger partial charge in [-0.15, -0.1) is 0 Å². The van der Waals surface area contributed by atoms with Gasteiger partial charge in [0.15, 0.2) is 0 Å². The zero-order valence-electron chi connectivity index (χ0n) is 10.7. The lowest BCUT2D eigenvalue weighted by atomic mass is 9.99. The van der Waals surface area contributed by atoms with Gasteiger partial charge in [-0.1, -0.05) is 0 Å². The molecule has 0 saturated carbocycles. The number of carbonyl (C=O) groups is 2. The maximum absolute atomic E-state index is 12.1. The molecule has 1 aromatic rings. The third-order valence-electron chi connectivity index (χ3n) is 3.22. The van der Waals surface area contributed by atoms with Crippen molar-refractivity contribution < 1.29 is 19.6 Å². The van der Waals surface area contributed by atoms with Crippen LogP contribution in [0.15, 0.2) is 12.3 Å². The van der Waals surface area contributed by atoms with Crippen LogP contribution in [0.1, 0.15) is 16.9 Å². The van der Waals surface area contributed by atoms with Gasteiger partial charge in [-0.05, 0) is 12.2 Å². The summed E-state index contributed by atoms with van der Waals surface area (Å²) in [7, 11) is 1.50. The number of amides is 1. The van der Waals surface area contributed by atoms with E-state index >= 15 is 0 Å². The zero-order valence-corrected chi connectivity index (χ0v) is 11.5. The highest BCUT2D eigenvalue weighted by Gasteiger charge is 2.43. The second-order valence-corrected chi connectivity index (χ2v) is 5.70. The fraction of sp³-hybridized carbons (Fsp3) is 0.455. The Labute approximate surface area is 118 Å². The standard InChI is InChI=1S/C11H13N3O5S/c1-13-5-7(14(18)19)4-8(13)9(15)12-11(10(16)17)2-3-20-6-11/h4-5H,2-3,6H2,1H3,(H,12,15)(H,16,17). The molecule has 108 valence electrons. The number of nitrogens with zero attached hydrogens (tertiary/aromatic N) is 2. The second kappa shape index (κ2) is 5.16. The fourth-order valence-electron chi connectivity index (χ4n) is 2.04. The maximum atomic E-state index is 12.1. The fourth-order valence-corrected chi connectivity index (χ4v) is 3.37. The highest BCUT2D eigenvalue weighted by molar-refractivity contribution is 7.99. The molecule has 2 heterocycles. The monoisotopic (exact) mass is 299 g/mol. The zero-order chi connectivity index (χ0) is 14.9. The summed E-state index contributed by atoms with van der Waals surface area (Å²) in [6, 6.07) is 1.13. The Bertz CT molecular complexity index is 577. The molecule has 1 aromatic heterocycles. The van der Waals surface area contributed by atoms with Crippen LogP contribution in [0.3, 0.4) is 0 Å². The van der Waals surface area contributed by atoms with Gasteiger partial charge in [0.25, 0.3) is 11.6 Å². The summed E-state index contributed by atoms with van der Waals surface area (Å²) in [6.45, 7) is 0. The van der Waals surface area contributed by atoms with E-state index in [1.165, 1.54) is 29.6 Å². The van der Waals surface area contributed by atoms with Crippen molar-refractivity contribution in [2.75, 3.05) is 11.5 Å². The minimum atomic E-state index is -1.29. The Morgan fingerprint density at radius 1 is 1.60 bits per heavy atom. The van der Waals surface area contributed by atoms with E-state index in [1.54, 1.807) is 0 Å². The van der Waals surface area contributed by atoms with Crippen molar-refractivity contribution in [2.45, 2.75) is 12.0 Å². The number of carboxylic acid groups (broad SMARTS) is 1. The van der Waals surface area contributed by atoms with Crippen LogP contribution in [0.25, 0.3) is 0 Å². The number of carboxylic acids is 1. The molecule has 0 aromatic carbocycles. The Hall–Kier alpha value is -2.03. The lowest BCUT2D eigenvalue weighted by molar-refractivity contribution is -0.384. The van der Waals surface area contributed by atoms with E-state index < -0.39 is 22.3 Å².